The molecule has 1 fully saturated rings. The van der Waals surface area contributed by atoms with Crippen molar-refractivity contribution in [3.05, 3.63) is 64.6 Å². The average molecular weight is 584 g/mol. The summed E-state index contributed by atoms with van der Waals surface area (Å²) in [5, 5.41) is 7.91. The van der Waals surface area contributed by atoms with Gasteiger partial charge in [0.1, 0.15) is 36.2 Å². The Morgan fingerprint density at radius 3 is 2.71 bits per heavy atom. The fourth-order valence-corrected chi connectivity index (χ4v) is 6.43. The van der Waals surface area contributed by atoms with Crippen molar-refractivity contribution in [2.45, 2.75) is 38.1 Å². The van der Waals surface area contributed by atoms with Crippen LogP contribution in [0, 0.1) is 5.82 Å². The number of nitrogens with two attached hydrogens (primary N) is 1. The number of thioether (sulfide) groups is 1. The van der Waals surface area contributed by atoms with Gasteiger partial charge < -0.3 is 30.2 Å². The Morgan fingerprint density at radius 1 is 1.24 bits per heavy atom. The smallest absolute Gasteiger partial charge is 0.302 e. The lowest BCUT2D eigenvalue weighted by Gasteiger charge is -2.48. The average Bonchev–Trinajstić information content (AvgIpc) is 3.33. The van der Waals surface area contributed by atoms with E-state index in [1.807, 2.05) is 25.1 Å². The molecule has 3 aromatic rings. The number of carbonyl (C=O) groups is 4. The number of allylic oxidation sites excluding steroid dienone is 1. The maximum Gasteiger partial charge on any atom is 0.302 e. The first-order valence-electron chi connectivity index (χ1n) is 12.8. The van der Waals surface area contributed by atoms with Crippen LogP contribution in [0.5, 0.6) is 5.75 Å². The SMILES string of the molecule is CC(=O)OCC1=C(C)N2C(=O)C(N)C2SC1.O=CCOc1ccc2c(c1)CCc1c-2[nH]c2ccc(F)cc12.O=CO. The van der Waals surface area contributed by atoms with Crippen LogP contribution < -0.4 is 10.5 Å². The largest absolute Gasteiger partial charge is 0.486 e. The summed E-state index contributed by atoms with van der Waals surface area (Å²) in [6, 6.07) is 10.3. The molecule has 1 aliphatic carbocycles. The summed E-state index contributed by atoms with van der Waals surface area (Å²) in [5.41, 5.74) is 13.0. The van der Waals surface area contributed by atoms with Gasteiger partial charge in [-0.15, -0.1) is 11.8 Å². The lowest BCUT2D eigenvalue weighted by molar-refractivity contribution is -0.141. The van der Waals surface area contributed by atoms with Crippen molar-refractivity contribution in [2.75, 3.05) is 19.0 Å². The van der Waals surface area contributed by atoms with E-state index in [0.717, 1.165) is 58.3 Å². The normalized spacial score (nSPS) is 18.3. The molecule has 0 saturated carbocycles. The summed E-state index contributed by atoms with van der Waals surface area (Å²) >= 11 is 1.62. The Balaban J connectivity index is 0.000000180. The number of benzene rings is 2. The molecule has 3 aliphatic rings. The van der Waals surface area contributed by atoms with Gasteiger partial charge in [-0.2, -0.15) is 0 Å². The van der Waals surface area contributed by atoms with E-state index in [2.05, 4.69) is 4.98 Å². The number of ether oxygens (including phenoxy) is 2. The molecule has 2 aliphatic heterocycles. The molecule has 0 bridgehead atoms. The van der Waals surface area contributed by atoms with E-state index in [1.54, 1.807) is 28.8 Å². The second kappa shape index (κ2) is 13.0. The van der Waals surface area contributed by atoms with Crippen molar-refractivity contribution < 1.29 is 38.1 Å². The maximum atomic E-state index is 13.5. The Morgan fingerprint density at radius 2 is 2.00 bits per heavy atom. The molecule has 0 radical (unpaired) electrons. The third kappa shape index (κ3) is 6.28. The van der Waals surface area contributed by atoms with Gasteiger partial charge in [-0.1, -0.05) is 0 Å². The number of amides is 1. The van der Waals surface area contributed by atoms with Crippen LogP contribution in [-0.4, -0.2) is 70.0 Å². The minimum atomic E-state index is -0.379. The Hall–Kier alpha value is -4.16. The first-order valence-corrected chi connectivity index (χ1v) is 13.8. The van der Waals surface area contributed by atoms with E-state index in [1.165, 1.54) is 24.1 Å². The number of aromatic amines is 1. The van der Waals surface area contributed by atoms with Crippen LogP contribution in [0.3, 0.4) is 0 Å². The molecule has 1 amide bonds. The van der Waals surface area contributed by atoms with Crippen LogP contribution in [0.2, 0.25) is 0 Å². The highest BCUT2D eigenvalue weighted by Crippen LogP contribution is 2.40. The summed E-state index contributed by atoms with van der Waals surface area (Å²) in [6.07, 6.45) is 2.48. The molecule has 41 heavy (non-hydrogen) atoms. The van der Waals surface area contributed by atoms with Crippen LogP contribution in [0.15, 0.2) is 47.7 Å². The fourth-order valence-electron chi connectivity index (χ4n) is 5.03. The van der Waals surface area contributed by atoms with Gasteiger partial charge in [0.2, 0.25) is 5.91 Å². The summed E-state index contributed by atoms with van der Waals surface area (Å²) in [5.74, 6) is 0.907. The number of rotatable bonds is 5. The van der Waals surface area contributed by atoms with Crippen LogP contribution in [-0.2, 0) is 36.8 Å². The summed E-state index contributed by atoms with van der Waals surface area (Å²) < 4.78 is 23.8. The summed E-state index contributed by atoms with van der Waals surface area (Å²) in [7, 11) is 0. The standard InChI is InChI=1S/C18H14FNO2.C10H14N2O3S.CH2O2/c19-12-2-6-17-16(10-12)15-4-1-11-9-13(22-8-7-21)3-5-14(11)18(15)20-17;1-5-7(3-15-6(2)13)4-16-10-8(11)9(14)12(5)10;2-1-3/h2-3,5-7,9-10,20H,1,4,8H2;8,10H,3-4,11H2,1-2H3;1H,(H,2,3). The monoisotopic (exact) mass is 583 g/mol. The first kappa shape index (κ1) is 29.8. The molecule has 2 unspecified atom stereocenters. The predicted molar refractivity (Wildman–Crippen MR) is 152 cm³/mol. The van der Waals surface area contributed by atoms with Gasteiger partial charge in [-0.3, -0.25) is 19.2 Å². The number of nitrogens with one attached hydrogen (secondary N) is 1. The van der Waals surface area contributed by atoms with E-state index in [0.29, 0.717) is 5.75 Å². The highest BCUT2D eigenvalue weighted by molar-refractivity contribution is 8.00. The van der Waals surface area contributed by atoms with Crippen LogP contribution in [0.4, 0.5) is 4.39 Å². The molecular weight excluding hydrogens is 553 g/mol. The number of nitrogens with zero attached hydrogens (tertiary/aromatic N) is 1. The van der Waals surface area contributed by atoms with E-state index >= 15 is 0 Å². The zero-order valence-electron chi connectivity index (χ0n) is 22.5. The molecule has 2 atom stereocenters. The molecule has 216 valence electrons. The van der Waals surface area contributed by atoms with Crippen molar-refractivity contribution in [3.8, 4) is 17.0 Å². The van der Waals surface area contributed by atoms with Crippen LogP contribution in [0.1, 0.15) is 25.0 Å². The van der Waals surface area contributed by atoms with Crippen molar-refractivity contribution in [1.82, 2.24) is 9.88 Å². The molecular formula is C29H30FN3O7S. The number of aromatic nitrogens is 1. The number of aryl methyl sites for hydroxylation is 2. The number of halogens is 1. The topological polar surface area (TPSA) is 152 Å². The zero-order chi connectivity index (χ0) is 29.7. The molecule has 10 nitrogen and oxygen atoms in total. The fraction of sp³-hybridized carbons (Fsp3) is 0.310. The molecule has 6 rings (SSSR count). The third-order valence-corrected chi connectivity index (χ3v) is 8.37. The van der Waals surface area contributed by atoms with Crippen LogP contribution in [0.25, 0.3) is 22.2 Å². The highest BCUT2D eigenvalue weighted by Gasteiger charge is 2.48. The minimum absolute atomic E-state index is 0.0463. The van der Waals surface area contributed by atoms with Gasteiger partial charge in [-0.05, 0) is 72.9 Å². The minimum Gasteiger partial charge on any atom is -0.486 e. The molecule has 2 aromatic carbocycles. The van der Waals surface area contributed by atoms with E-state index in [-0.39, 0.29) is 48.8 Å². The second-order valence-electron chi connectivity index (χ2n) is 9.48. The lowest BCUT2D eigenvalue weighted by atomic mass is 9.89. The van der Waals surface area contributed by atoms with E-state index in [9.17, 15) is 18.8 Å². The molecule has 4 N–H and O–H groups in total. The number of β-lactam (4-membered cyclic amide) rings is 1. The van der Waals surface area contributed by atoms with Gasteiger partial charge >= 0.3 is 5.97 Å². The Kier molecular flexibility index (Phi) is 9.46. The van der Waals surface area contributed by atoms with E-state index in [4.69, 9.17) is 25.1 Å². The van der Waals surface area contributed by atoms with Gasteiger partial charge in [0.05, 0.1) is 0 Å². The highest BCUT2D eigenvalue weighted by atomic mass is 32.2. The lowest BCUT2D eigenvalue weighted by Crippen LogP contribution is -2.67. The van der Waals surface area contributed by atoms with Gasteiger partial charge in [0.15, 0.2) is 6.29 Å². The van der Waals surface area contributed by atoms with Crippen molar-refractivity contribution in [1.29, 1.82) is 0 Å². The molecule has 12 heteroatoms. The number of hydrogen-bond donors (Lipinski definition) is 3. The van der Waals surface area contributed by atoms with E-state index < -0.39 is 0 Å². The maximum absolute atomic E-state index is 13.5. The number of fused-ring (bicyclic) bond motifs is 6. The summed E-state index contributed by atoms with van der Waals surface area (Å²) in [6.45, 7) is 3.32. The molecule has 1 saturated heterocycles. The second-order valence-corrected chi connectivity index (χ2v) is 10.6. The first-order chi connectivity index (χ1) is 19.7. The Labute approximate surface area is 239 Å². The van der Waals surface area contributed by atoms with Crippen molar-refractivity contribution >= 4 is 47.3 Å². The molecule has 0 spiro atoms. The van der Waals surface area contributed by atoms with Crippen molar-refractivity contribution in [3.63, 3.8) is 0 Å². The number of carboxylic acid groups (broad SMARTS) is 1. The molecule has 3 heterocycles. The number of aldehydes is 1. The number of H-pyrrole nitrogens is 1. The van der Waals surface area contributed by atoms with Crippen molar-refractivity contribution in [2.24, 2.45) is 5.73 Å². The summed E-state index contributed by atoms with van der Waals surface area (Å²) in [4.78, 5) is 46.1. The molecule has 1 aromatic heterocycles. The van der Waals surface area contributed by atoms with Gasteiger partial charge in [0.25, 0.3) is 6.47 Å². The van der Waals surface area contributed by atoms with Crippen LogP contribution >= 0.6 is 11.8 Å². The van der Waals surface area contributed by atoms with Gasteiger partial charge in [0, 0.05) is 40.5 Å². The number of hydrogen-bond acceptors (Lipinski definition) is 8. The third-order valence-electron chi connectivity index (χ3n) is 7.01. The number of carbonyl (C=O) groups excluding carboxylic acids is 3. The Bertz CT molecular complexity index is 1520. The number of esters is 1. The quantitative estimate of drug-likeness (QED) is 0.233. The zero-order valence-corrected chi connectivity index (χ0v) is 23.3. The van der Waals surface area contributed by atoms with Gasteiger partial charge in [-0.25, -0.2) is 4.39 Å². The predicted octanol–water partition coefficient (Wildman–Crippen LogP) is 3.42.